The SMILES string of the molecule is CCCNc1nc(C)cc(C(=O)Nc2ccc(C(C)(C)C)cc2)n1. The van der Waals surface area contributed by atoms with E-state index in [0.717, 1.165) is 24.3 Å². The fourth-order valence-electron chi connectivity index (χ4n) is 2.25. The van der Waals surface area contributed by atoms with Crippen molar-refractivity contribution in [2.24, 2.45) is 0 Å². The van der Waals surface area contributed by atoms with Crippen molar-refractivity contribution >= 4 is 17.5 Å². The van der Waals surface area contributed by atoms with Gasteiger partial charge in [-0.3, -0.25) is 4.79 Å². The van der Waals surface area contributed by atoms with Crippen LogP contribution in [-0.2, 0) is 5.41 Å². The summed E-state index contributed by atoms with van der Waals surface area (Å²) in [5.41, 5.74) is 3.20. The van der Waals surface area contributed by atoms with Gasteiger partial charge in [-0.25, -0.2) is 9.97 Å². The summed E-state index contributed by atoms with van der Waals surface area (Å²) in [5, 5.41) is 6.01. The molecule has 1 heterocycles. The molecule has 0 aliphatic rings. The molecule has 5 heteroatoms. The molecule has 1 amide bonds. The first-order valence-corrected chi connectivity index (χ1v) is 8.31. The Kier molecular flexibility index (Phi) is 5.54. The van der Waals surface area contributed by atoms with E-state index in [1.54, 1.807) is 6.07 Å². The maximum atomic E-state index is 12.4. The van der Waals surface area contributed by atoms with Crippen LogP contribution >= 0.6 is 0 Å². The Balaban J connectivity index is 2.13. The van der Waals surface area contributed by atoms with Crippen molar-refractivity contribution in [3.05, 3.63) is 47.3 Å². The number of carbonyl (C=O) groups excluding carboxylic acids is 1. The Morgan fingerprint density at radius 2 is 1.79 bits per heavy atom. The van der Waals surface area contributed by atoms with Crippen LogP contribution in [0.3, 0.4) is 0 Å². The number of aryl methyl sites for hydroxylation is 1. The lowest BCUT2D eigenvalue weighted by molar-refractivity contribution is 0.102. The molecule has 0 bridgehead atoms. The van der Waals surface area contributed by atoms with E-state index in [4.69, 9.17) is 0 Å². The van der Waals surface area contributed by atoms with Gasteiger partial charge in [0.1, 0.15) is 5.69 Å². The average molecular weight is 326 g/mol. The van der Waals surface area contributed by atoms with Crippen LogP contribution in [0.15, 0.2) is 30.3 Å². The number of carbonyl (C=O) groups is 1. The minimum absolute atomic E-state index is 0.0894. The zero-order chi connectivity index (χ0) is 17.7. The first kappa shape index (κ1) is 17.9. The van der Waals surface area contributed by atoms with Crippen molar-refractivity contribution in [1.29, 1.82) is 0 Å². The monoisotopic (exact) mass is 326 g/mol. The molecule has 0 aliphatic heterocycles. The third-order valence-electron chi connectivity index (χ3n) is 3.63. The lowest BCUT2D eigenvalue weighted by atomic mass is 9.87. The summed E-state index contributed by atoms with van der Waals surface area (Å²) in [6, 6.07) is 9.60. The first-order chi connectivity index (χ1) is 11.3. The molecule has 0 saturated carbocycles. The number of hydrogen-bond donors (Lipinski definition) is 2. The van der Waals surface area contributed by atoms with Crippen molar-refractivity contribution in [2.45, 2.75) is 46.5 Å². The quantitative estimate of drug-likeness (QED) is 0.866. The number of amides is 1. The van der Waals surface area contributed by atoms with Gasteiger partial charge in [0.2, 0.25) is 5.95 Å². The Labute approximate surface area is 143 Å². The summed E-state index contributed by atoms with van der Waals surface area (Å²) in [5.74, 6) is 0.258. The number of anilines is 2. The van der Waals surface area contributed by atoms with Gasteiger partial charge in [-0.1, -0.05) is 39.8 Å². The third kappa shape index (κ3) is 4.78. The second-order valence-corrected chi connectivity index (χ2v) is 6.93. The largest absolute Gasteiger partial charge is 0.354 e. The fourth-order valence-corrected chi connectivity index (χ4v) is 2.25. The minimum atomic E-state index is -0.233. The van der Waals surface area contributed by atoms with Crippen LogP contribution in [0.2, 0.25) is 0 Å². The van der Waals surface area contributed by atoms with Gasteiger partial charge in [0.05, 0.1) is 0 Å². The molecule has 2 rings (SSSR count). The predicted molar refractivity (Wildman–Crippen MR) is 98.6 cm³/mol. The van der Waals surface area contributed by atoms with E-state index in [2.05, 4.69) is 48.3 Å². The van der Waals surface area contributed by atoms with E-state index in [9.17, 15) is 4.79 Å². The number of hydrogen-bond acceptors (Lipinski definition) is 4. The Bertz CT molecular complexity index is 702. The highest BCUT2D eigenvalue weighted by molar-refractivity contribution is 6.03. The fraction of sp³-hybridized carbons (Fsp3) is 0.421. The van der Waals surface area contributed by atoms with Crippen LogP contribution in [0.5, 0.6) is 0 Å². The van der Waals surface area contributed by atoms with Gasteiger partial charge < -0.3 is 10.6 Å². The van der Waals surface area contributed by atoms with E-state index in [-0.39, 0.29) is 11.3 Å². The van der Waals surface area contributed by atoms with Crippen molar-refractivity contribution < 1.29 is 4.79 Å². The van der Waals surface area contributed by atoms with Gasteiger partial charge in [-0.15, -0.1) is 0 Å². The lowest BCUT2D eigenvalue weighted by Crippen LogP contribution is -2.17. The maximum absolute atomic E-state index is 12.4. The summed E-state index contributed by atoms with van der Waals surface area (Å²) in [6.45, 7) is 11.2. The molecule has 0 atom stereocenters. The third-order valence-corrected chi connectivity index (χ3v) is 3.63. The standard InChI is InChI=1S/C19H26N4O/c1-6-11-20-18-21-13(2)12-16(23-18)17(24)22-15-9-7-14(8-10-15)19(3,4)5/h7-10,12H,6,11H2,1-5H3,(H,22,24)(H,20,21,23). The van der Waals surface area contributed by atoms with Crippen molar-refractivity contribution in [3.8, 4) is 0 Å². The van der Waals surface area contributed by atoms with Gasteiger partial charge >= 0.3 is 0 Å². The zero-order valence-electron chi connectivity index (χ0n) is 15.1. The lowest BCUT2D eigenvalue weighted by Gasteiger charge is -2.19. The van der Waals surface area contributed by atoms with Crippen LogP contribution in [0.1, 0.15) is 55.9 Å². The van der Waals surface area contributed by atoms with E-state index < -0.39 is 0 Å². The molecular formula is C19H26N4O. The molecule has 0 aliphatic carbocycles. The second kappa shape index (κ2) is 7.43. The van der Waals surface area contributed by atoms with E-state index in [1.807, 2.05) is 31.2 Å². The molecule has 0 fully saturated rings. The average Bonchev–Trinajstić information content (AvgIpc) is 2.52. The topological polar surface area (TPSA) is 66.9 Å². The number of rotatable bonds is 5. The van der Waals surface area contributed by atoms with Crippen molar-refractivity contribution in [1.82, 2.24) is 9.97 Å². The molecular weight excluding hydrogens is 300 g/mol. The molecule has 2 N–H and O–H groups in total. The van der Waals surface area contributed by atoms with E-state index >= 15 is 0 Å². The van der Waals surface area contributed by atoms with Gasteiger partial charge in [-0.2, -0.15) is 0 Å². The highest BCUT2D eigenvalue weighted by atomic mass is 16.1. The van der Waals surface area contributed by atoms with Crippen LogP contribution < -0.4 is 10.6 Å². The summed E-state index contributed by atoms with van der Waals surface area (Å²) in [4.78, 5) is 21.0. The summed E-state index contributed by atoms with van der Waals surface area (Å²) in [7, 11) is 0. The highest BCUT2D eigenvalue weighted by Crippen LogP contribution is 2.23. The van der Waals surface area contributed by atoms with Gasteiger partial charge in [0.15, 0.2) is 0 Å². The smallest absolute Gasteiger partial charge is 0.274 e. The maximum Gasteiger partial charge on any atom is 0.274 e. The van der Waals surface area contributed by atoms with Crippen LogP contribution in [0.4, 0.5) is 11.6 Å². The van der Waals surface area contributed by atoms with E-state index in [0.29, 0.717) is 11.6 Å². The van der Waals surface area contributed by atoms with Crippen LogP contribution in [0, 0.1) is 6.92 Å². The predicted octanol–water partition coefficient (Wildman–Crippen LogP) is 4.16. The number of aromatic nitrogens is 2. The number of benzene rings is 1. The minimum Gasteiger partial charge on any atom is -0.354 e. The molecule has 0 radical (unpaired) electrons. The second-order valence-electron chi connectivity index (χ2n) is 6.93. The Hall–Kier alpha value is -2.43. The normalized spacial score (nSPS) is 11.2. The molecule has 5 nitrogen and oxygen atoms in total. The molecule has 1 aromatic carbocycles. The molecule has 2 aromatic rings. The van der Waals surface area contributed by atoms with Gasteiger partial charge in [-0.05, 0) is 42.5 Å². The summed E-state index contributed by atoms with van der Waals surface area (Å²) < 4.78 is 0. The number of nitrogens with one attached hydrogen (secondary N) is 2. The molecule has 128 valence electrons. The molecule has 0 unspecified atom stereocenters. The van der Waals surface area contributed by atoms with Crippen molar-refractivity contribution in [3.63, 3.8) is 0 Å². The van der Waals surface area contributed by atoms with Crippen molar-refractivity contribution in [2.75, 3.05) is 17.2 Å². The molecule has 0 saturated heterocycles. The zero-order valence-corrected chi connectivity index (χ0v) is 15.1. The van der Waals surface area contributed by atoms with Gasteiger partial charge in [0.25, 0.3) is 5.91 Å². The van der Waals surface area contributed by atoms with Gasteiger partial charge in [0, 0.05) is 17.9 Å². The summed E-state index contributed by atoms with van der Waals surface area (Å²) >= 11 is 0. The Morgan fingerprint density at radius 3 is 2.38 bits per heavy atom. The first-order valence-electron chi connectivity index (χ1n) is 8.31. The molecule has 24 heavy (non-hydrogen) atoms. The summed E-state index contributed by atoms with van der Waals surface area (Å²) in [6.07, 6.45) is 0.971. The molecule has 1 aromatic heterocycles. The highest BCUT2D eigenvalue weighted by Gasteiger charge is 2.14. The Morgan fingerprint density at radius 1 is 1.12 bits per heavy atom. The van der Waals surface area contributed by atoms with Crippen LogP contribution in [0.25, 0.3) is 0 Å². The van der Waals surface area contributed by atoms with E-state index in [1.165, 1.54) is 5.56 Å². The van der Waals surface area contributed by atoms with Crippen LogP contribution in [-0.4, -0.2) is 22.4 Å². The number of nitrogens with zero attached hydrogens (tertiary/aromatic N) is 2. The molecule has 0 spiro atoms.